The first-order chi connectivity index (χ1) is 15.9. The lowest BCUT2D eigenvalue weighted by Crippen LogP contribution is -2.24. The third-order valence-electron chi connectivity index (χ3n) is 5.77. The van der Waals surface area contributed by atoms with Crippen molar-refractivity contribution in [2.24, 2.45) is 0 Å². The highest BCUT2D eigenvalue weighted by molar-refractivity contribution is 5.93. The van der Waals surface area contributed by atoms with E-state index in [2.05, 4.69) is 10.3 Å². The number of carbonyl (C=O) groups is 1. The van der Waals surface area contributed by atoms with Crippen LogP contribution >= 0.6 is 0 Å². The number of anilines is 2. The normalized spacial score (nSPS) is 13.7. The Bertz CT molecular complexity index is 1430. The smallest absolute Gasteiger partial charge is 0.339 e. The van der Waals surface area contributed by atoms with E-state index >= 15 is 0 Å². The molecule has 0 aliphatic carbocycles. The van der Waals surface area contributed by atoms with Crippen LogP contribution in [-0.4, -0.2) is 25.4 Å². The Morgan fingerprint density at radius 3 is 2.58 bits per heavy atom. The van der Waals surface area contributed by atoms with Crippen molar-refractivity contribution in [2.75, 3.05) is 10.2 Å². The van der Waals surface area contributed by atoms with Gasteiger partial charge in [0.2, 0.25) is 0 Å². The van der Waals surface area contributed by atoms with Crippen LogP contribution in [-0.2, 0) is 13.1 Å². The fourth-order valence-electron chi connectivity index (χ4n) is 4.13. The van der Waals surface area contributed by atoms with Crippen molar-refractivity contribution in [1.82, 2.24) is 14.4 Å². The fraction of sp³-hybridized carbons (Fsp3) is 0.167. The number of rotatable bonds is 5. The predicted molar refractivity (Wildman–Crippen MR) is 121 cm³/mol. The van der Waals surface area contributed by atoms with Gasteiger partial charge < -0.3 is 15.3 Å². The number of carboxylic acids is 1. The number of hydrogen-bond donors (Lipinski definition) is 2. The van der Waals surface area contributed by atoms with E-state index in [1.807, 2.05) is 29.2 Å². The van der Waals surface area contributed by atoms with E-state index < -0.39 is 23.4 Å². The molecule has 1 aliphatic rings. The van der Waals surface area contributed by atoms with Crippen LogP contribution in [0.2, 0.25) is 0 Å². The zero-order chi connectivity index (χ0) is 23.1. The summed E-state index contributed by atoms with van der Waals surface area (Å²) in [6.07, 6.45) is 2.57. The average molecular weight is 445 g/mol. The van der Waals surface area contributed by atoms with Crippen LogP contribution in [0.3, 0.4) is 0 Å². The van der Waals surface area contributed by atoms with Gasteiger partial charge in [-0.05, 0) is 36.2 Å². The van der Waals surface area contributed by atoms with Gasteiger partial charge in [-0.2, -0.15) is 0 Å². The molecule has 8 nitrogen and oxygen atoms in total. The Morgan fingerprint density at radius 1 is 1.15 bits per heavy atom. The largest absolute Gasteiger partial charge is 0.478 e. The van der Waals surface area contributed by atoms with E-state index in [4.69, 9.17) is 4.98 Å². The van der Waals surface area contributed by atoms with Gasteiger partial charge in [0.15, 0.2) is 0 Å². The molecular formula is C24H20FN5O3. The molecule has 0 fully saturated rings. The SMILES string of the molecule is C[C@@H](Nc1ncccc1C(=O)O)c1cc(F)cn2c(=O)cc(N3Cc4ccccc4C3)nc12. The highest BCUT2D eigenvalue weighted by atomic mass is 19.1. The molecule has 2 N–H and O–H groups in total. The second kappa shape index (κ2) is 8.01. The van der Waals surface area contributed by atoms with Crippen LogP contribution in [0.1, 0.15) is 40.0 Å². The highest BCUT2D eigenvalue weighted by Crippen LogP contribution is 2.28. The van der Waals surface area contributed by atoms with Crippen LogP contribution < -0.4 is 15.8 Å². The number of nitrogens with one attached hydrogen (secondary N) is 1. The molecule has 166 valence electrons. The number of hydrogen-bond acceptors (Lipinski definition) is 6. The molecule has 0 saturated carbocycles. The maximum Gasteiger partial charge on any atom is 0.339 e. The first-order valence-electron chi connectivity index (χ1n) is 10.4. The molecule has 0 unspecified atom stereocenters. The minimum absolute atomic E-state index is 0.00861. The van der Waals surface area contributed by atoms with Crippen LogP contribution in [0, 0.1) is 5.82 Å². The quantitative estimate of drug-likeness (QED) is 0.484. The van der Waals surface area contributed by atoms with Gasteiger partial charge in [0, 0.05) is 37.1 Å². The van der Waals surface area contributed by atoms with Gasteiger partial charge in [-0.3, -0.25) is 9.20 Å². The standard InChI is InChI=1S/C24H20FN5O3/c1-14(27-22-18(24(32)33)7-4-8-26-22)19-9-17(25)13-30-21(31)10-20(28-23(19)30)29-11-15-5-2-3-6-16(15)12-29/h2-10,13-14H,11-12H2,1H3,(H,26,27)(H,32,33)/t14-/m1/s1. The Morgan fingerprint density at radius 2 is 1.88 bits per heavy atom. The number of nitrogens with zero attached hydrogens (tertiary/aromatic N) is 4. The monoisotopic (exact) mass is 445 g/mol. The molecule has 4 heterocycles. The minimum Gasteiger partial charge on any atom is -0.478 e. The second-order valence-corrected chi connectivity index (χ2v) is 7.96. The molecule has 0 bridgehead atoms. The molecule has 0 amide bonds. The number of halogens is 1. The zero-order valence-corrected chi connectivity index (χ0v) is 17.7. The average Bonchev–Trinajstić information content (AvgIpc) is 3.23. The van der Waals surface area contributed by atoms with E-state index in [0.29, 0.717) is 30.1 Å². The van der Waals surface area contributed by atoms with E-state index in [9.17, 15) is 19.1 Å². The van der Waals surface area contributed by atoms with Crippen molar-refractivity contribution in [3.63, 3.8) is 0 Å². The summed E-state index contributed by atoms with van der Waals surface area (Å²) in [6.45, 7) is 2.98. The number of fused-ring (bicyclic) bond motifs is 2. The van der Waals surface area contributed by atoms with Crippen molar-refractivity contribution in [1.29, 1.82) is 0 Å². The molecule has 9 heteroatoms. The first-order valence-corrected chi connectivity index (χ1v) is 10.4. The molecule has 1 aromatic carbocycles. The summed E-state index contributed by atoms with van der Waals surface area (Å²) in [5, 5.41) is 12.5. The van der Waals surface area contributed by atoms with Gasteiger partial charge in [0.05, 0.1) is 6.04 Å². The lowest BCUT2D eigenvalue weighted by molar-refractivity contribution is 0.0697. The highest BCUT2D eigenvalue weighted by Gasteiger charge is 2.23. The lowest BCUT2D eigenvalue weighted by Gasteiger charge is -2.20. The number of carboxylic acid groups (broad SMARTS) is 1. The first kappa shape index (κ1) is 20.6. The van der Waals surface area contributed by atoms with Crippen molar-refractivity contribution >= 4 is 23.3 Å². The fourth-order valence-corrected chi connectivity index (χ4v) is 4.13. The van der Waals surface area contributed by atoms with Crippen molar-refractivity contribution in [3.8, 4) is 0 Å². The van der Waals surface area contributed by atoms with Gasteiger partial charge in [0.1, 0.15) is 28.7 Å². The molecule has 0 saturated heterocycles. The van der Waals surface area contributed by atoms with E-state index in [0.717, 1.165) is 6.20 Å². The zero-order valence-electron chi connectivity index (χ0n) is 17.7. The molecule has 4 aromatic rings. The van der Waals surface area contributed by atoms with Gasteiger partial charge in [-0.1, -0.05) is 24.3 Å². The minimum atomic E-state index is -1.13. The molecule has 1 aliphatic heterocycles. The summed E-state index contributed by atoms with van der Waals surface area (Å²) in [6, 6.07) is 13.1. The van der Waals surface area contributed by atoms with Crippen LogP contribution in [0.4, 0.5) is 16.0 Å². The van der Waals surface area contributed by atoms with Crippen molar-refractivity contribution < 1.29 is 14.3 Å². The summed E-state index contributed by atoms with van der Waals surface area (Å²) in [4.78, 5) is 35.2. The molecular weight excluding hydrogens is 425 g/mol. The van der Waals surface area contributed by atoms with Crippen LogP contribution in [0.25, 0.3) is 5.65 Å². The van der Waals surface area contributed by atoms with Crippen LogP contribution in [0.5, 0.6) is 0 Å². The second-order valence-electron chi connectivity index (χ2n) is 7.96. The number of pyridine rings is 2. The topological polar surface area (TPSA) is 99.8 Å². The van der Waals surface area contributed by atoms with E-state index in [1.165, 1.54) is 46.0 Å². The molecule has 33 heavy (non-hydrogen) atoms. The summed E-state index contributed by atoms with van der Waals surface area (Å²) in [7, 11) is 0. The Hall–Kier alpha value is -4.27. The Balaban J connectivity index is 1.57. The Labute approximate surface area is 188 Å². The van der Waals surface area contributed by atoms with Crippen LogP contribution in [0.15, 0.2) is 65.7 Å². The lowest BCUT2D eigenvalue weighted by atomic mass is 10.1. The van der Waals surface area contributed by atoms with Gasteiger partial charge >= 0.3 is 5.97 Å². The van der Waals surface area contributed by atoms with Crippen molar-refractivity contribution in [2.45, 2.75) is 26.1 Å². The molecule has 5 rings (SSSR count). The van der Waals surface area contributed by atoms with Gasteiger partial charge in [-0.15, -0.1) is 0 Å². The number of benzene rings is 1. The molecule has 3 aromatic heterocycles. The van der Waals surface area contributed by atoms with E-state index in [-0.39, 0.29) is 11.4 Å². The molecule has 1 atom stereocenters. The summed E-state index contributed by atoms with van der Waals surface area (Å²) >= 11 is 0. The summed E-state index contributed by atoms with van der Waals surface area (Å²) < 4.78 is 15.6. The number of aromatic carboxylic acids is 1. The van der Waals surface area contributed by atoms with Gasteiger partial charge in [0.25, 0.3) is 5.56 Å². The summed E-state index contributed by atoms with van der Waals surface area (Å²) in [5.41, 5.74) is 2.64. The third kappa shape index (κ3) is 3.78. The third-order valence-corrected chi connectivity index (χ3v) is 5.77. The molecule has 0 spiro atoms. The maximum absolute atomic E-state index is 14.4. The number of aromatic nitrogens is 3. The predicted octanol–water partition coefficient (Wildman–Crippen LogP) is 3.62. The summed E-state index contributed by atoms with van der Waals surface area (Å²) in [5.74, 6) is -1.09. The van der Waals surface area contributed by atoms with E-state index in [1.54, 1.807) is 6.92 Å². The van der Waals surface area contributed by atoms with Gasteiger partial charge in [-0.25, -0.2) is 19.2 Å². The maximum atomic E-state index is 14.4. The Kier molecular flexibility index (Phi) is 5.01. The molecule has 0 radical (unpaired) electrons. The van der Waals surface area contributed by atoms with Crippen molar-refractivity contribution in [3.05, 3.63) is 99.3 Å².